The van der Waals surface area contributed by atoms with E-state index in [0.717, 1.165) is 4.47 Å². The number of pyridine rings is 1. The highest BCUT2D eigenvalue weighted by atomic mass is 79.9. The minimum absolute atomic E-state index is 0.248. The molecule has 1 aromatic carbocycles. The average molecular weight is 317 g/mol. The number of rotatable bonds is 2. The Morgan fingerprint density at radius 1 is 1.35 bits per heavy atom. The van der Waals surface area contributed by atoms with Crippen molar-refractivity contribution in [3.8, 4) is 11.6 Å². The predicted octanol–water partition coefficient (Wildman–Crippen LogP) is 4.74. The highest BCUT2D eigenvalue weighted by Crippen LogP contribution is 2.29. The SMILES string of the molecule is Cc1ccc(Oc2ncc(Br)cc2Cl)cc1F. The molecule has 0 atom stereocenters. The molecule has 0 bridgehead atoms. The lowest BCUT2D eigenvalue weighted by Gasteiger charge is -2.07. The summed E-state index contributed by atoms with van der Waals surface area (Å²) in [7, 11) is 0. The van der Waals surface area contributed by atoms with Gasteiger partial charge in [0.05, 0.1) is 0 Å². The Kier molecular flexibility index (Phi) is 3.64. The first-order valence-corrected chi connectivity index (χ1v) is 5.98. The minimum atomic E-state index is -0.323. The van der Waals surface area contributed by atoms with E-state index < -0.39 is 0 Å². The quantitative estimate of drug-likeness (QED) is 0.798. The second-order valence-electron chi connectivity index (χ2n) is 3.45. The van der Waals surface area contributed by atoms with Gasteiger partial charge in [0.1, 0.15) is 16.6 Å². The molecule has 0 unspecified atom stereocenters. The average Bonchev–Trinajstić information content (AvgIpc) is 2.27. The molecule has 5 heteroatoms. The maximum atomic E-state index is 13.3. The summed E-state index contributed by atoms with van der Waals surface area (Å²) in [6, 6.07) is 6.26. The molecule has 0 amide bonds. The van der Waals surface area contributed by atoms with Gasteiger partial charge in [-0.1, -0.05) is 17.7 Å². The van der Waals surface area contributed by atoms with Crippen molar-refractivity contribution in [3.05, 3.63) is 51.3 Å². The van der Waals surface area contributed by atoms with Crippen molar-refractivity contribution in [2.24, 2.45) is 0 Å². The summed E-state index contributed by atoms with van der Waals surface area (Å²) in [4.78, 5) is 4.00. The lowest BCUT2D eigenvalue weighted by molar-refractivity contribution is 0.457. The Morgan fingerprint density at radius 2 is 2.12 bits per heavy atom. The third-order valence-electron chi connectivity index (χ3n) is 2.13. The fraction of sp³-hybridized carbons (Fsp3) is 0.0833. The topological polar surface area (TPSA) is 22.1 Å². The van der Waals surface area contributed by atoms with Crippen LogP contribution in [0, 0.1) is 12.7 Å². The third-order valence-corrected chi connectivity index (χ3v) is 2.84. The van der Waals surface area contributed by atoms with Crippen LogP contribution in [0.4, 0.5) is 4.39 Å². The van der Waals surface area contributed by atoms with Crippen molar-refractivity contribution in [3.63, 3.8) is 0 Å². The number of halogens is 3. The number of hydrogen-bond donors (Lipinski definition) is 0. The Morgan fingerprint density at radius 3 is 2.76 bits per heavy atom. The van der Waals surface area contributed by atoms with Crippen LogP contribution in [0.5, 0.6) is 11.6 Å². The minimum Gasteiger partial charge on any atom is -0.437 e. The van der Waals surface area contributed by atoms with E-state index in [-0.39, 0.29) is 11.7 Å². The van der Waals surface area contributed by atoms with Crippen LogP contribution in [0.25, 0.3) is 0 Å². The second-order valence-corrected chi connectivity index (χ2v) is 4.78. The fourth-order valence-corrected chi connectivity index (χ4v) is 1.89. The van der Waals surface area contributed by atoms with E-state index in [1.165, 1.54) is 6.07 Å². The van der Waals surface area contributed by atoms with Crippen molar-refractivity contribution in [1.82, 2.24) is 4.98 Å². The maximum absolute atomic E-state index is 13.3. The van der Waals surface area contributed by atoms with Crippen molar-refractivity contribution in [2.45, 2.75) is 6.92 Å². The maximum Gasteiger partial charge on any atom is 0.238 e. The van der Waals surface area contributed by atoms with Crippen LogP contribution in [-0.2, 0) is 0 Å². The van der Waals surface area contributed by atoms with Crippen molar-refractivity contribution in [2.75, 3.05) is 0 Å². The highest BCUT2D eigenvalue weighted by Gasteiger charge is 2.07. The first-order chi connectivity index (χ1) is 8.06. The molecule has 0 spiro atoms. The lowest BCUT2D eigenvalue weighted by Crippen LogP contribution is -1.90. The van der Waals surface area contributed by atoms with Crippen molar-refractivity contribution in [1.29, 1.82) is 0 Å². The van der Waals surface area contributed by atoms with Crippen LogP contribution in [0.15, 0.2) is 34.9 Å². The van der Waals surface area contributed by atoms with Gasteiger partial charge >= 0.3 is 0 Å². The summed E-state index contributed by atoms with van der Waals surface area (Å²) < 4.78 is 19.5. The number of aromatic nitrogens is 1. The van der Waals surface area contributed by atoms with Gasteiger partial charge < -0.3 is 4.74 Å². The van der Waals surface area contributed by atoms with E-state index in [4.69, 9.17) is 16.3 Å². The zero-order valence-corrected chi connectivity index (χ0v) is 11.2. The number of aryl methyl sites for hydroxylation is 1. The number of ether oxygens (including phenoxy) is 1. The molecule has 0 aliphatic carbocycles. The standard InChI is InChI=1S/C12H8BrClFNO/c1-7-2-3-9(5-11(7)15)17-12-10(14)4-8(13)6-16-12/h2-6H,1H3. The number of benzene rings is 1. The Hall–Kier alpha value is -1.13. The second kappa shape index (κ2) is 5.02. The third kappa shape index (κ3) is 2.96. The number of hydrogen-bond acceptors (Lipinski definition) is 2. The van der Waals surface area contributed by atoms with Gasteiger partial charge in [-0.05, 0) is 40.5 Å². The molecule has 0 aliphatic heterocycles. The molecule has 0 saturated carbocycles. The molecule has 0 radical (unpaired) electrons. The summed E-state index contributed by atoms with van der Waals surface area (Å²) in [6.07, 6.45) is 1.56. The fourth-order valence-electron chi connectivity index (χ4n) is 1.23. The van der Waals surface area contributed by atoms with Gasteiger partial charge in [-0.3, -0.25) is 0 Å². The molecule has 1 heterocycles. The van der Waals surface area contributed by atoms with Gasteiger partial charge in [0.2, 0.25) is 5.88 Å². The molecule has 0 aliphatic rings. The Balaban J connectivity index is 2.28. The highest BCUT2D eigenvalue weighted by molar-refractivity contribution is 9.10. The first kappa shape index (κ1) is 12.3. The molecule has 2 aromatic rings. The summed E-state index contributed by atoms with van der Waals surface area (Å²) in [5.41, 5.74) is 0.562. The van der Waals surface area contributed by atoms with Gasteiger partial charge in [0.25, 0.3) is 0 Å². The molecule has 0 saturated heterocycles. The number of nitrogens with zero attached hydrogens (tertiary/aromatic N) is 1. The van der Waals surface area contributed by atoms with Crippen molar-refractivity contribution < 1.29 is 9.13 Å². The van der Waals surface area contributed by atoms with E-state index in [1.54, 1.807) is 31.3 Å². The van der Waals surface area contributed by atoms with Crippen molar-refractivity contribution >= 4 is 27.5 Å². The lowest BCUT2D eigenvalue weighted by atomic mass is 10.2. The van der Waals surface area contributed by atoms with Gasteiger partial charge in [0.15, 0.2) is 0 Å². The predicted molar refractivity (Wildman–Crippen MR) is 68.2 cm³/mol. The summed E-state index contributed by atoms with van der Waals surface area (Å²) in [5.74, 6) is 0.290. The summed E-state index contributed by atoms with van der Waals surface area (Å²) >= 11 is 9.18. The zero-order chi connectivity index (χ0) is 12.4. The smallest absolute Gasteiger partial charge is 0.238 e. The van der Waals surface area contributed by atoms with E-state index in [0.29, 0.717) is 16.3 Å². The van der Waals surface area contributed by atoms with Crippen LogP contribution < -0.4 is 4.74 Å². The summed E-state index contributed by atoms with van der Waals surface area (Å²) in [6.45, 7) is 1.68. The Bertz CT molecular complexity index is 562. The van der Waals surface area contributed by atoms with E-state index in [1.807, 2.05) is 0 Å². The molecular weight excluding hydrogens is 308 g/mol. The largest absolute Gasteiger partial charge is 0.437 e. The Labute approximate surface area is 112 Å². The molecule has 2 nitrogen and oxygen atoms in total. The van der Waals surface area contributed by atoms with Gasteiger partial charge in [-0.2, -0.15) is 0 Å². The van der Waals surface area contributed by atoms with Gasteiger partial charge in [0, 0.05) is 16.7 Å². The molecule has 0 fully saturated rings. The van der Waals surface area contributed by atoms with E-state index >= 15 is 0 Å². The molecule has 0 N–H and O–H groups in total. The molecule has 17 heavy (non-hydrogen) atoms. The van der Waals surface area contributed by atoms with Gasteiger partial charge in [-0.15, -0.1) is 0 Å². The molecule has 1 aromatic heterocycles. The van der Waals surface area contributed by atoms with Crippen LogP contribution in [0.1, 0.15) is 5.56 Å². The van der Waals surface area contributed by atoms with Crippen LogP contribution in [-0.4, -0.2) is 4.98 Å². The van der Waals surface area contributed by atoms with Crippen LogP contribution in [0.3, 0.4) is 0 Å². The molecule has 2 rings (SSSR count). The van der Waals surface area contributed by atoms with Crippen LogP contribution >= 0.6 is 27.5 Å². The monoisotopic (exact) mass is 315 g/mol. The van der Waals surface area contributed by atoms with Gasteiger partial charge in [-0.25, -0.2) is 9.37 Å². The molecular formula is C12H8BrClFNO. The summed E-state index contributed by atoms with van der Waals surface area (Å²) in [5, 5.41) is 0.361. The molecule has 88 valence electrons. The zero-order valence-electron chi connectivity index (χ0n) is 8.88. The first-order valence-electron chi connectivity index (χ1n) is 4.81. The van der Waals surface area contributed by atoms with Crippen LogP contribution in [0.2, 0.25) is 5.02 Å². The van der Waals surface area contributed by atoms with E-state index in [9.17, 15) is 4.39 Å². The van der Waals surface area contributed by atoms with E-state index in [2.05, 4.69) is 20.9 Å². The normalized spacial score (nSPS) is 10.4.